The molecule has 216 valence electrons. The SMILES string of the molecule is O=C(O)C(F)(F)F.O=C(O)C(F)(F)F.c1cncc(CN2C[C@@H]3COC[C@]3(COCC3CCOCC3)C2)c1. The van der Waals surface area contributed by atoms with E-state index in [4.69, 9.17) is 34.0 Å². The summed E-state index contributed by atoms with van der Waals surface area (Å²) in [5.41, 5.74) is 1.48. The lowest BCUT2D eigenvalue weighted by Crippen LogP contribution is -2.36. The molecule has 1 aromatic rings. The number of aromatic nitrogens is 1. The van der Waals surface area contributed by atoms with E-state index >= 15 is 0 Å². The van der Waals surface area contributed by atoms with Crippen LogP contribution in [0, 0.1) is 17.3 Å². The maximum absolute atomic E-state index is 10.6. The molecule has 2 atom stereocenters. The van der Waals surface area contributed by atoms with E-state index in [0.717, 1.165) is 72.1 Å². The van der Waals surface area contributed by atoms with Gasteiger partial charge in [-0.05, 0) is 30.4 Å². The fourth-order valence-corrected chi connectivity index (χ4v) is 4.36. The first kappa shape index (κ1) is 31.7. The van der Waals surface area contributed by atoms with Crippen LogP contribution in [0.25, 0.3) is 0 Å². The highest BCUT2D eigenvalue weighted by Gasteiger charge is 2.50. The lowest BCUT2D eigenvalue weighted by atomic mass is 9.82. The Labute approximate surface area is 214 Å². The second kappa shape index (κ2) is 14.1. The van der Waals surface area contributed by atoms with Crippen LogP contribution in [0.5, 0.6) is 0 Å². The largest absolute Gasteiger partial charge is 0.490 e. The summed E-state index contributed by atoms with van der Waals surface area (Å²) in [4.78, 5) is 24.6. The van der Waals surface area contributed by atoms with E-state index in [2.05, 4.69) is 16.0 Å². The summed E-state index contributed by atoms with van der Waals surface area (Å²) in [6, 6.07) is 4.17. The number of carboxylic acid groups (broad SMARTS) is 2. The van der Waals surface area contributed by atoms with Gasteiger partial charge in [-0.25, -0.2) is 9.59 Å². The summed E-state index contributed by atoms with van der Waals surface area (Å²) in [5.74, 6) is -4.24. The van der Waals surface area contributed by atoms with Gasteiger partial charge in [-0.2, -0.15) is 26.3 Å². The quantitative estimate of drug-likeness (QED) is 0.506. The van der Waals surface area contributed by atoms with Gasteiger partial charge in [0.05, 0.1) is 19.8 Å². The van der Waals surface area contributed by atoms with Gasteiger partial charge in [0.25, 0.3) is 0 Å². The molecule has 3 aliphatic heterocycles. The molecule has 4 rings (SSSR count). The number of fused-ring (bicyclic) bond motifs is 1. The zero-order valence-electron chi connectivity index (χ0n) is 20.3. The number of rotatable bonds is 6. The molecule has 0 spiro atoms. The summed E-state index contributed by atoms with van der Waals surface area (Å²) >= 11 is 0. The van der Waals surface area contributed by atoms with Crippen LogP contribution in [0.2, 0.25) is 0 Å². The fourth-order valence-electron chi connectivity index (χ4n) is 4.36. The second-order valence-corrected chi connectivity index (χ2v) is 9.28. The fraction of sp³-hybridized carbons (Fsp3) is 0.696. The van der Waals surface area contributed by atoms with E-state index in [1.54, 1.807) is 0 Å². The standard InChI is InChI=1S/C19H28N2O3.2C2HF3O2/c1-2-17(8-20-5-1)9-21-10-18-12-24-15-19(18,13-21)14-23-11-16-3-6-22-7-4-16;2*3-2(4,5)1(6)7/h1-2,5,8,16,18H,3-4,6-7,9-15H2;2*(H,6,7)/t18-,19-;;/m1../s1. The Balaban J connectivity index is 0.000000301. The van der Waals surface area contributed by atoms with E-state index in [1.165, 1.54) is 5.56 Å². The number of carbonyl (C=O) groups is 2. The third-order valence-corrected chi connectivity index (χ3v) is 6.29. The highest BCUT2D eigenvalue weighted by molar-refractivity contribution is 5.73. The maximum Gasteiger partial charge on any atom is 0.490 e. The van der Waals surface area contributed by atoms with Crippen molar-refractivity contribution in [2.24, 2.45) is 17.3 Å². The minimum Gasteiger partial charge on any atom is -0.475 e. The summed E-state index contributed by atoms with van der Waals surface area (Å²) in [6.07, 6.45) is -4.08. The van der Waals surface area contributed by atoms with Gasteiger partial charge < -0.3 is 24.4 Å². The van der Waals surface area contributed by atoms with Gasteiger partial charge in [-0.3, -0.25) is 9.88 Å². The number of pyridine rings is 1. The van der Waals surface area contributed by atoms with Crippen LogP contribution in [-0.2, 0) is 30.3 Å². The van der Waals surface area contributed by atoms with Crippen molar-refractivity contribution in [3.8, 4) is 0 Å². The number of nitrogens with zero attached hydrogens (tertiary/aromatic N) is 2. The second-order valence-electron chi connectivity index (χ2n) is 9.28. The number of alkyl halides is 6. The van der Waals surface area contributed by atoms with Gasteiger partial charge in [0.2, 0.25) is 0 Å². The van der Waals surface area contributed by atoms with Crippen molar-refractivity contribution in [3.05, 3.63) is 30.1 Å². The number of carboxylic acids is 2. The Morgan fingerprint density at radius 3 is 2.21 bits per heavy atom. The lowest BCUT2D eigenvalue weighted by Gasteiger charge is -2.29. The molecule has 4 heterocycles. The molecule has 1 aromatic heterocycles. The average Bonchev–Trinajstić information content (AvgIpc) is 3.36. The minimum absolute atomic E-state index is 0.188. The van der Waals surface area contributed by atoms with Gasteiger partial charge in [-0.1, -0.05) is 6.07 Å². The van der Waals surface area contributed by atoms with Crippen molar-refractivity contribution < 1.29 is 60.4 Å². The van der Waals surface area contributed by atoms with Crippen LogP contribution >= 0.6 is 0 Å². The molecule has 0 amide bonds. The molecular weight excluding hydrogens is 530 g/mol. The predicted octanol–water partition coefficient (Wildman–Crippen LogP) is 3.24. The molecule has 0 unspecified atom stereocenters. The van der Waals surface area contributed by atoms with Gasteiger partial charge in [0.1, 0.15) is 0 Å². The van der Waals surface area contributed by atoms with E-state index in [1.807, 2.05) is 18.5 Å². The van der Waals surface area contributed by atoms with Crippen molar-refractivity contribution in [2.45, 2.75) is 31.7 Å². The first-order chi connectivity index (χ1) is 17.7. The lowest BCUT2D eigenvalue weighted by molar-refractivity contribution is -0.193. The topological polar surface area (TPSA) is 118 Å². The molecule has 0 saturated carbocycles. The van der Waals surface area contributed by atoms with E-state index in [0.29, 0.717) is 11.8 Å². The van der Waals surface area contributed by atoms with Crippen LogP contribution in [0.15, 0.2) is 24.5 Å². The number of halogens is 6. The molecule has 15 heteroatoms. The molecular formula is C23H30F6N2O7. The van der Waals surface area contributed by atoms with E-state index < -0.39 is 24.3 Å². The predicted molar refractivity (Wildman–Crippen MR) is 118 cm³/mol. The Morgan fingerprint density at radius 1 is 1.08 bits per heavy atom. The van der Waals surface area contributed by atoms with Crippen molar-refractivity contribution in [2.75, 3.05) is 52.7 Å². The molecule has 0 bridgehead atoms. The Kier molecular flexibility index (Phi) is 11.7. The van der Waals surface area contributed by atoms with Crippen LogP contribution in [-0.4, -0.2) is 97.1 Å². The molecule has 38 heavy (non-hydrogen) atoms. The number of hydrogen-bond acceptors (Lipinski definition) is 7. The summed E-state index contributed by atoms with van der Waals surface area (Å²) in [7, 11) is 0. The monoisotopic (exact) mass is 560 g/mol. The minimum atomic E-state index is -5.08. The highest BCUT2D eigenvalue weighted by Crippen LogP contribution is 2.42. The summed E-state index contributed by atoms with van der Waals surface area (Å²) in [6.45, 7) is 8.37. The molecule has 9 nitrogen and oxygen atoms in total. The smallest absolute Gasteiger partial charge is 0.475 e. The molecule has 0 aromatic carbocycles. The maximum atomic E-state index is 10.6. The molecule has 2 N–H and O–H groups in total. The Bertz CT molecular complexity index is 857. The zero-order chi connectivity index (χ0) is 28.4. The molecule has 0 aliphatic carbocycles. The normalized spacial score (nSPS) is 24.0. The Hall–Kier alpha value is -2.49. The van der Waals surface area contributed by atoms with Gasteiger partial charge >= 0.3 is 24.3 Å². The number of likely N-dealkylation sites (tertiary alicyclic amines) is 1. The zero-order valence-corrected chi connectivity index (χ0v) is 20.3. The Morgan fingerprint density at radius 2 is 1.68 bits per heavy atom. The molecule has 0 radical (unpaired) electrons. The van der Waals surface area contributed by atoms with Crippen molar-refractivity contribution in [3.63, 3.8) is 0 Å². The van der Waals surface area contributed by atoms with Gasteiger partial charge in [0, 0.05) is 63.2 Å². The third kappa shape index (κ3) is 10.3. The summed E-state index contributed by atoms with van der Waals surface area (Å²) in [5, 5.41) is 14.2. The average molecular weight is 560 g/mol. The van der Waals surface area contributed by atoms with E-state index in [9.17, 15) is 26.3 Å². The number of hydrogen-bond donors (Lipinski definition) is 2. The van der Waals surface area contributed by atoms with Crippen LogP contribution in [0.1, 0.15) is 18.4 Å². The van der Waals surface area contributed by atoms with E-state index in [-0.39, 0.29) is 5.41 Å². The summed E-state index contributed by atoms with van der Waals surface area (Å²) < 4.78 is 80.9. The van der Waals surface area contributed by atoms with Crippen LogP contribution < -0.4 is 0 Å². The first-order valence-electron chi connectivity index (χ1n) is 11.7. The van der Waals surface area contributed by atoms with Crippen LogP contribution in [0.3, 0.4) is 0 Å². The van der Waals surface area contributed by atoms with Crippen molar-refractivity contribution >= 4 is 11.9 Å². The molecule has 3 aliphatic rings. The molecule has 3 saturated heterocycles. The van der Waals surface area contributed by atoms with Crippen molar-refractivity contribution in [1.29, 1.82) is 0 Å². The van der Waals surface area contributed by atoms with Crippen LogP contribution in [0.4, 0.5) is 26.3 Å². The number of aliphatic carboxylic acids is 2. The van der Waals surface area contributed by atoms with Gasteiger partial charge in [-0.15, -0.1) is 0 Å². The number of ether oxygens (including phenoxy) is 3. The van der Waals surface area contributed by atoms with Gasteiger partial charge in [0.15, 0.2) is 0 Å². The highest BCUT2D eigenvalue weighted by atomic mass is 19.4. The first-order valence-corrected chi connectivity index (χ1v) is 11.7. The molecule has 3 fully saturated rings. The third-order valence-electron chi connectivity index (χ3n) is 6.29. The van der Waals surface area contributed by atoms with Crippen molar-refractivity contribution in [1.82, 2.24) is 9.88 Å².